The van der Waals surface area contributed by atoms with Gasteiger partial charge in [0.05, 0.1) is 24.8 Å². The number of halogens is 3. The second kappa shape index (κ2) is 8.77. The summed E-state index contributed by atoms with van der Waals surface area (Å²) in [4.78, 5) is 13.2. The van der Waals surface area contributed by atoms with Crippen LogP contribution in [0.1, 0.15) is 47.4 Å². The number of methoxy groups -OCH3 is 1. The Morgan fingerprint density at radius 2 is 1.88 bits per heavy atom. The standard InChI is InChI=1S/C24H21F3N6O/c1-14-12-32(13-28-14)20-7-5-16(29-24(20)34-2)6-8-21-30-23-17(4-3-9-33(23)31-21)22-18(26)10-15(25)11-19(22)27/h5-8,10-13,17H,3-4,9H2,1-2H3/b8-6+. The fourth-order valence-corrected chi connectivity index (χ4v) is 4.20. The van der Waals surface area contributed by atoms with Gasteiger partial charge in [-0.3, -0.25) is 0 Å². The maximum Gasteiger partial charge on any atom is 0.238 e. The smallest absolute Gasteiger partial charge is 0.238 e. The molecule has 10 heteroatoms. The summed E-state index contributed by atoms with van der Waals surface area (Å²) in [5, 5.41) is 4.46. The van der Waals surface area contributed by atoms with Gasteiger partial charge in [-0.2, -0.15) is 5.10 Å². The summed E-state index contributed by atoms with van der Waals surface area (Å²) in [7, 11) is 1.54. The van der Waals surface area contributed by atoms with E-state index in [4.69, 9.17) is 4.74 Å². The van der Waals surface area contributed by atoms with Crippen molar-refractivity contribution in [3.63, 3.8) is 0 Å². The average Bonchev–Trinajstić information content (AvgIpc) is 3.43. The molecule has 4 heterocycles. The van der Waals surface area contributed by atoms with Gasteiger partial charge in [-0.1, -0.05) is 0 Å². The molecule has 34 heavy (non-hydrogen) atoms. The number of ether oxygens (including phenoxy) is 1. The quantitative estimate of drug-likeness (QED) is 0.427. The van der Waals surface area contributed by atoms with Gasteiger partial charge in [0.25, 0.3) is 0 Å². The molecule has 0 spiro atoms. The van der Waals surface area contributed by atoms with Gasteiger partial charge in [-0.05, 0) is 44.1 Å². The molecule has 0 N–H and O–H groups in total. The predicted octanol–water partition coefficient (Wildman–Crippen LogP) is 4.69. The van der Waals surface area contributed by atoms with Gasteiger partial charge in [0.1, 0.15) is 29.0 Å². The van der Waals surface area contributed by atoms with Crippen molar-refractivity contribution in [2.75, 3.05) is 7.11 Å². The van der Waals surface area contributed by atoms with Crippen LogP contribution in [-0.4, -0.2) is 36.4 Å². The molecule has 7 nitrogen and oxygen atoms in total. The van der Waals surface area contributed by atoms with Crippen molar-refractivity contribution < 1.29 is 17.9 Å². The van der Waals surface area contributed by atoms with Crippen LogP contribution in [0.2, 0.25) is 0 Å². The number of rotatable bonds is 5. The van der Waals surface area contributed by atoms with Crippen LogP contribution >= 0.6 is 0 Å². The molecule has 0 bridgehead atoms. The summed E-state index contributed by atoms with van der Waals surface area (Å²) in [5.74, 6) is -2.15. The zero-order valence-corrected chi connectivity index (χ0v) is 18.5. The second-order valence-corrected chi connectivity index (χ2v) is 8.05. The highest BCUT2D eigenvalue weighted by Gasteiger charge is 2.30. The lowest BCUT2D eigenvalue weighted by Crippen LogP contribution is -2.20. The van der Waals surface area contributed by atoms with Crippen LogP contribution < -0.4 is 4.74 Å². The average molecular weight is 466 g/mol. The lowest BCUT2D eigenvalue weighted by molar-refractivity contribution is 0.395. The number of benzene rings is 1. The van der Waals surface area contributed by atoms with Crippen molar-refractivity contribution in [3.05, 3.63) is 82.8 Å². The molecule has 0 saturated heterocycles. The highest BCUT2D eigenvalue weighted by Crippen LogP contribution is 2.35. The maximum atomic E-state index is 14.4. The number of nitrogens with zero attached hydrogens (tertiary/aromatic N) is 6. The molecule has 1 aromatic carbocycles. The third-order valence-electron chi connectivity index (χ3n) is 5.73. The summed E-state index contributed by atoms with van der Waals surface area (Å²) >= 11 is 0. The minimum atomic E-state index is -0.947. The minimum absolute atomic E-state index is 0.179. The molecule has 0 amide bonds. The Hall–Kier alpha value is -3.95. The molecule has 1 atom stereocenters. The van der Waals surface area contributed by atoms with Crippen LogP contribution in [0.3, 0.4) is 0 Å². The van der Waals surface area contributed by atoms with Gasteiger partial charge in [0.15, 0.2) is 5.82 Å². The molecule has 174 valence electrons. The van der Waals surface area contributed by atoms with Gasteiger partial charge < -0.3 is 9.30 Å². The molecule has 0 saturated carbocycles. The molecule has 1 aliphatic heterocycles. The van der Waals surface area contributed by atoms with Crippen LogP contribution in [0.4, 0.5) is 13.2 Å². The molecule has 4 aromatic rings. The fourth-order valence-electron chi connectivity index (χ4n) is 4.20. The zero-order valence-electron chi connectivity index (χ0n) is 18.5. The van der Waals surface area contributed by atoms with E-state index in [0.29, 0.717) is 54.7 Å². The molecule has 0 radical (unpaired) electrons. The number of imidazole rings is 1. The fraction of sp³-hybridized carbons (Fsp3) is 0.250. The number of aromatic nitrogens is 6. The van der Waals surface area contributed by atoms with E-state index in [1.807, 2.05) is 29.8 Å². The first-order valence-corrected chi connectivity index (χ1v) is 10.8. The molecule has 1 unspecified atom stereocenters. The Morgan fingerprint density at radius 1 is 1.09 bits per heavy atom. The normalized spacial score (nSPS) is 15.6. The van der Waals surface area contributed by atoms with Crippen LogP contribution in [-0.2, 0) is 6.54 Å². The van der Waals surface area contributed by atoms with Crippen molar-refractivity contribution in [3.8, 4) is 11.6 Å². The summed E-state index contributed by atoms with van der Waals surface area (Å²) in [5.41, 5.74) is 2.07. The van der Waals surface area contributed by atoms with E-state index in [9.17, 15) is 13.2 Å². The van der Waals surface area contributed by atoms with E-state index < -0.39 is 23.4 Å². The van der Waals surface area contributed by atoms with Gasteiger partial charge >= 0.3 is 0 Å². The van der Waals surface area contributed by atoms with Crippen LogP contribution in [0, 0.1) is 24.4 Å². The Bertz CT molecular complexity index is 1370. The molecule has 1 aliphatic rings. The second-order valence-electron chi connectivity index (χ2n) is 8.05. The Kier molecular flexibility index (Phi) is 5.64. The van der Waals surface area contributed by atoms with Crippen LogP contribution in [0.25, 0.3) is 17.8 Å². The number of pyridine rings is 1. The van der Waals surface area contributed by atoms with E-state index >= 15 is 0 Å². The van der Waals surface area contributed by atoms with E-state index in [1.165, 1.54) is 0 Å². The topological polar surface area (TPSA) is 70.7 Å². The van der Waals surface area contributed by atoms with Crippen molar-refractivity contribution in [1.29, 1.82) is 0 Å². The number of fused-ring (bicyclic) bond motifs is 1. The molecule has 3 aromatic heterocycles. The largest absolute Gasteiger partial charge is 0.479 e. The summed E-state index contributed by atoms with van der Waals surface area (Å²) in [6.45, 7) is 2.48. The minimum Gasteiger partial charge on any atom is -0.479 e. The number of aryl methyl sites for hydroxylation is 2. The maximum absolute atomic E-state index is 14.4. The lowest BCUT2D eigenvalue weighted by Gasteiger charge is -2.23. The summed E-state index contributed by atoms with van der Waals surface area (Å²) in [6.07, 6.45) is 8.15. The molecule has 5 rings (SSSR count). The highest BCUT2D eigenvalue weighted by molar-refractivity contribution is 5.65. The van der Waals surface area contributed by atoms with Gasteiger partial charge in [0, 0.05) is 36.4 Å². The molecular formula is C24H21F3N6O. The van der Waals surface area contributed by atoms with Crippen LogP contribution in [0.5, 0.6) is 5.88 Å². The Morgan fingerprint density at radius 3 is 2.59 bits per heavy atom. The third kappa shape index (κ3) is 4.07. The Labute approximate surface area is 193 Å². The van der Waals surface area contributed by atoms with E-state index in [-0.39, 0.29) is 5.56 Å². The zero-order chi connectivity index (χ0) is 23.8. The first-order valence-electron chi connectivity index (χ1n) is 10.8. The van der Waals surface area contributed by atoms with Crippen molar-refractivity contribution in [1.82, 2.24) is 29.3 Å². The molecule has 0 fully saturated rings. The highest BCUT2D eigenvalue weighted by atomic mass is 19.1. The summed E-state index contributed by atoms with van der Waals surface area (Å²) < 4.78 is 51.1. The number of hydrogen-bond donors (Lipinski definition) is 0. The summed E-state index contributed by atoms with van der Waals surface area (Å²) in [6, 6.07) is 5.09. The van der Waals surface area contributed by atoms with Crippen molar-refractivity contribution in [2.45, 2.75) is 32.2 Å². The monoisotopic (exact) mass is 466 g/mol. The van der Waals surface area contributed by atoms with E-state index in [1.54, 1.807) is 30.3 Å². The number of hydrogen-bond acceptors (Lipinski definition) is 5. The van der Waals surface area contributed by atoms with E-state index in [2.05, 4.69) is 20.1 Å². The van der Waals surface area contributed by atoms with Gasteiger partial charge in [-0.25, -0.2) is 32.8 Å². The Balaban J connectivity index is 1.43. The first kappa shape index (κ1) is 21.9. The van der Waals surface area contributed by atoms with Gasteiger partial charge in [-0.15, -0.1) is 0 Å². The van der Waals surface area contributed by atoms with Crippen LogP contribution in [0.15, 0.2) is 36.8 Å². The SMILES string of the molecule is COc1nc(/C=C/c2nc3n(n2)CCCC3c2c(F)cc(F)cc2F)ccc1-n1cnc(C)c1. The van der Waals surface area contributed by atoms with Gasteiger partial charge in [0.2, 0.25) is 5.88 Å². The van der Waals surface area contributed by atoms with Crippen molar-refractivity contribution in [2.24, 2.45) is 0 Å². The molecular weight excluding hydrogens is 445 g/mol. The first-order chi connectivity index (χ1) is 16.4. The predicted molar refractivity (Wildman–Crippen MR) is 119 cm³/mol. The van der Waals surface area contributed by atoms with E-state index in [0.717, 1.165) is 11.4 Å². The molecule has 0 aliphatic carbocycles. The lowest BCUT2D eigenvalue weighted by atomic mass is 9.90. The third-order valence-corrected chi connectivity index (χ3v) is 5.73. The van der Waals surface area contributed by atoms with Crippen molar-refractivity contribution >= 4 is 12.2 Å².